The van der Waals surface area contributed by atoms with Crippen LogP contribution in [0, 0.1) is 5.41 Å². The van der Waals surface area contributed by atoms with Crippen LogP contribution in [0.2, 0.25) is 0 Å². The molecule has 0 aliphatic rings. The molecule has 0 saturated carbocycles. The molecular formula is C16H36N2. The largest absolute Gasteiger partial charge is 0.316 e. The second-order valence-corrected chi connectivity index (χ2v) is 6.70. The van der Waals surface area contributed by atoms with Gasteiger partial charge in [0.15, 0.2) is 0 Å². The van der Waals surface area contributed by atoms with Crippen LogP contribution in [-0.4, -0.2) is 38.6 Å². The fraction of sp³-hybridized carbons (Fsp3) is 1.00. The predicted octanol–water partition coefficient (Wildman–Crippen LogP) is 3.91. The van der Waals surface area contributed by atoms with Gasteiger partial charge >= 0.3 is 0 Å². The van der Waals surface area contributed by atoms with Gasteiger partial charge in [0.25, 0.3) is 0 Å². The van der Waals surface area contributed by atoms with Gasteiger partial charge in [-0.15, -0.1) is 0 Å². The fourth-order valence-electron chi connectivity index (χ4n) is 2.55. The monoisotopic (exact) mass is 256 g/mol. The first kappa shape index (κ1) is 17.9. The van der Waals surface area contributed by atoms with Crippen molar-refractivity contribution in [1.29, 1.82) is 0 Å². The average molecular weight is 256 g/mol. The van der Waals surface area contributed by atoms with Crippen molar-refractivity contribution in [2.75, 3.05) is 33.7 Å². The minimum atomic E-state index is 0.380. The van der Waals surface area contributed by atoms with E-state index in [0.29, 0.717) is 5.41 Å². The maximum atomic E-state index is 3.61. The van der Waals surface area contributed by atoms with E-state index in [1.165, 1.54) is 51.5 Å². The highest BCUT2D eigenvalue weighted by molar-refractivity contribution is 4.73. The number of hydrogen-bond acceptors (Lipinski definition) is 2. The van der Waals surface area contributed by atoms with Crippen molar-refractivity contribution in [3.8, 4) is 0 Å². The Morgan fingerprint density at radius 2 is 1.44 bits per heavy atom. The summed E-state index contributed by atoms with van der Waals surface area (Å²) >= 11 is 0. The van der Waals surface area contributed by atoms with Crippen LogP contribution in [-0.2, 0) is 0 Å². The van der Waals surface area contributed by atoms with E-state index >= 15 is 0 Å². The normalized spacial score (nSPS) is 12.3. The second-order valence-electron chi connectivity index (χ2n) is 6.70. The number of nitrogens with one attached hydrogen (secondary N) is 1. The second kappa shape index (κ2) is 10.8. The third kappa shape index (κ3) is 12.4. The molecule has 0 bridgehead atoms. The molecule has 0 aliphatic heterocycles. The van der Waals surface area contributed by atoms with Crippen LogP contribution in [0.4, 0.5) is 0 Å². The highest BCUT2D eigenvalue weighted by atomic mass is 15.1. The zero-order valence-electron chi connectivity index (χ0n) is 13.5. The third-order valence-electron chi connectivity index (χ3n) is 3.30. The highest BCUT2D eigenvalue weighted by Crippen LogP contribution is 2.14. The molecule has 0 aromatic rings. The summed E-state index contributed by atoms with van der Waals surface area (Å²) < 4.78 is 0. The summed E-state index contributed by atoms with van der Waals surface area (Å²) in [5.41, 5.74) is 0.380. The van der Waals surface area contributed by atoms with Crippen molar-refractivity contribution >= 4 is 0 Å². The van der Waals surface area contributed by atoms with E-state index in [4.69, 9.17) is 0 Å². The van der Waals surface area contributed by atoms with Gasteiger partial charge in [-0.25, -0.2) is 0 Å². The Morgan fingerprint density at radius 3 is 2.00 bits per heavy atom. The molecule has 2 heteroatoms. The number of hydrogen-bond donors (Lipinski definition) is 1. The summed E-state index contributed by atoms with van der Waals surface area (Å²) in [5, 5.41) is 3.61. The van der Waals surface area contributed by atoms with Crippen LogP contribution in [0.1, 0.15) is 65.7 Å². The lowest BCUT2D eigenvalue weighted by Gasteiger charge is -2.28. The highest BCUT2D eigenvalue weighted by Gasteiger charge is 2.17. The van der Waals surface area contributed by atoms with Crippen molar-refractivity contribution in [3.05, 3.63) is 0 Å². The lowest BCUT2D eigenvalue weighted by atomic mass is 9.93. The van der Waals surface area contributed by atoms with E-state index in [9.17, 15) is 0 Å². The molecule has 0 spiro atoms. The van der Waals surface area contributed by atoms with Crippen LogP contribution < -0.4 is 5.32 Å². The molecule has 0 unspecified atom stereocenters. The lowest BCUT2D eigenvalue weighted by molar-refractivity contribution is 0.232. The third-order valence-corrected chi connectivity index (χ3v) is 3.30. The Balaban J connectivity index is 3.29. The van der Waals surface area contributed by atoms with E-state index in [1.807, 2.05) is 0 Å². The standard InChI is InChI=1S/C16H36N2/c1-6-7-8-9-10-11-12-13-17-14-16(2,3)15-18(4)5/h17H,6-15H2,1-5H3. The Kier molecular flexibility index (Phi) is 10.8. The summed E-state index contributed by atoms with van der Waals surface area (Å²) in [5.74, 6) is 0. The summed E-state index contributed by atoms with van der Waals surface area (Å²) in [4.78, 5) is 2.27. The van der Waals surface area contributed by atoms with E-state index in [2.05, 4.69) is 45.1 Å². The SMILES string of the molecule is CCCCCCCCCNCC(C)(C)CN(C)C. The van der Waals surface area contributed by atoms with Gasteiger partial charge in [0.2, 0.25) is 0 Å². The Hall–Kier alpha value is -0.0800. The molecule has 0 atom stereocenters. The molecule has 2 nitrogen and oxygen atoms in total. The Morgan fingerprint density at radius 1 is 0.889 bits per heavy atom. The molecule has 0 heterocycles. The molecular weight excluding hydrogens is 220 g/mol. The van der Waals surface area contributed by atoms with Gasteiger partial charge in [-0.1, -0.05) is 59.3 Å². The number of unbranched alkanes of at least 4 members (excludes halogenated alkanes) is 6. The zero-order chi connectivity index (χ0) is 13.9. The van der Waals surface area contributed by atoms with Gasteiger partial charge < -0.3 is 10.2 Å². The molecule has 0 aromatic heterocycles. The molecule has 0 fully saturated rings. The van der Waals surface area contributed by atoms with Crippen LogP contribution >= 0.6 is 0 Å². The minimum absolute atomic E-state index is 0.380. The molecule has 0 aromatic carbocycles. The molecule has 0 aliphatic carbocycles. The summed E-state index contributed by atoms with van der Waals surface area (Å²) in [7, 11) is 4.30. The van der Waals surface area contributed by atoms with E-state index in [0.717, 1.165) is 13.1 Å². The Bertz CT molecular complexity index is 176. The summed E-state index contributed by atoms with van der Waals surface area (Å²) in [6.45, 7) is 10.4. The molecule has 0 radical (unpaired) electrons. The van der Waals surface area contributed by atoms with E-state index in [1.54, 1.807) is 0 Å². The van der Waals surface area contributed by atoms with Gasteiger partial charge in [0.05, 0.1) is 0 Å². The first-order chi connectivity index (χ1) is 8.48. The molecule has 0 rings (SSSR count). The van der Waals surface area contributed by atoms with Crippen molar-refractivity contribution < 1.29 is 0 Å². The molecule has 0 saturated heterocycles. The molecule has 110 valence electrons. The summed E-state index contributed by atoms with van der Waals surface area (Å²) in [6.07, 6.45) is 9.77. The van der Waals surface area contributed by atoms with Gasteiger partial charge in [0.1, 0.15) is 0 Å². The van der Waals surface area contributed by atoms with E-state index < -0.39 is 0 Å². The van der Waals surface area contributed by atoms with Crippen LogP contribution in [0.5, 0.6) is 0 Å². The number of nitrogens with zero attached hydrogens (tertiary/aromatic N) is 1. The quantitative estimate of drug-likeness (QED) is 0.533. The first-order valence-electron chi connectivity index (χ1n) is 7.83. The van der Waals surface area contributed by atoms with Crippen molar-refractivity contribution in [2.24, 2.45) is 5.41 Å². The van der Waals surface area contributed by atoms with Gasteiger partial charge in [0, 0.05) is 13.1 Å². The maximum absolute atomic E-state index is 3.61. The minimum Gasteiger partial charge on any atom is -0.316 e. The summed E-state index contributed by atoms with van der Waals surface area (Å²) in [6, 6.07) is 0. The van der Waals surface area contributed by atoms with Crippen LogP contribution in [0.25, 0.3) is 0 Å². The van der Waals surface area contributed by atoms with Crippen LogP contribution in [0.15, 0.2) is 0 Å². The van der Waals surface area contributed by atoms with Gasteiger partial charge in [-0.05, 0) is 32.5 Å². The fourth-order valence-corrected chi connectivity index (χ4v) is 2.55. The van der Waals surface area contributed by atoms with Crippen molar-refractivity contribution in [2.45, 2.75) is 65.7 Å². The van der Waals surface area contributed by atoms with Gasteiger partial charge in [-0.3, -0.25) is 0 Å². The smallest absolute Gasteiger partial charge is 0.00387 e. The lowest BCUT2D eigenvalue weighted by Crippen LogP contribution is -2.37. The zero-order valence-corrected chi connectivity index (χ0v) is 13.5. The maximum Gasteiger partial charge on any atom is 0.00387 e. The van der Waals surface area contributed by atoms with Gasteiger partial charge in [-0.2, -0.15) is 0 Å². The molecule has 18 heavy (non-hydrogen) atoms. The number of rotatable bonds is 12. The molecule has 0 amide bonds. The van der Waals surface area contributed by atoms with Crippen molar-refractivity contribution in [1.82, 2.24) is 10.2 Å². The van der Waals surface area contributed by atoms with Crippen LogP contribution in [0.3, 0.4) is 0 Å². The topological polar surface area (TPSA) is 15.3 Å². The van der Waals surface area contributed by atoms with Crippen molar-refractivity contribution in [3.63, 3.8) is 0 Å². The van der Waals surface area contributed by atoms with E-state index in [-0.39, 0.29) is 0 Å². The first-order valence-corrected chi connectivity index (χ1v) is 7.83. The average Bonchev–Trinajstić information content (AvgIpc) is 2.25. The molecule has 1 N–H and O–H groups in total. The predicted molar refractivity (Wildman–Crippen MR) is 83.2 cm³/mol. The Labute approximate surface area is 116 Å².